The van der Waals surface area contributed by atoms with Gasteiger partial charge in [0.15, 0.2) is 18.1 Å². The summed E-state index contributed by atoms with van der Waals surface area (Å²) < 4.78 is 16.6. The summed E-state index contributed by atoms with van der Waals surface area (Å²) in [5.41, 5.74) is 1.54. The van der Waals surface area contributed by atoms with Crippen LogP contribution in [0.4, 0.5) is 5.69 Å². The van der Waals surface area contributed by atoms with Gasteiger partial charge in [-0.2, -0.15) is 0 Å². The van der Waals surface area contributed by atoms with Crippen LogP contribution in [-0.4, -0.2) is 63.6 Å². The minimum absolute atomic E-state index is 0.0771. The summed E-state index contributed by atoms with van der Waals surface area (Å²) >= 11 is 0. The Morgan fingerprint density at radius 1 is 1.00 bits per heavy atom. The van der Waals surface area contributed by atoms with E-state index in [0.29, 0.717) is 36.8 Å². The molecular formula is C22H26N2O5. The SMILES string of the molecule is CCOc1ccccc1N1CCN(C(=O)COc2ccc(C=O)cc2OC)CC1. The molecule has 7 heteroatoms. The lowest BCUT2D eigenvalue weighted by atomic mass is 10.2. The van der Waals surface area contributed by atoms with E-state index in [9.17, 15) is 9.59 Å². The van der Waals surface area contributed by atoms with Crippen LogP contribution < -0.4 is 19.1 Å². The molecule has 1 heterocycles. The fourth-order valence-electron chi connectivity index (χ4n) is 3.30. The highest BCUT2D eigenvalue weighted by Gasteiger charge is 2.23. The third-order valence-electron chi connectivity index (χ3n) is 4.81. The molecule has 2 aromatic rings. The number of carbonyl (C=O) groups excluding carboxylic acids is 2. The van der Waals surface area contributed by atoms with E-state index < -0.39 is 0 Å². The first-order valence-electron chi connectivity index (χ1n) is 9.66. The number of benzene rings is 2. The third kappa shape index (κ3) is 4.99. The summed E-state index contributed by atoms with van der Waals surface area (Å²) in [6.07, 6.45) is 0.737. The van der Waals surface area contributed by atoms with E-state index in [1.807, 2.05) is 31.2 Å². The summed E-state index contributed by atoms with van der Waals surface area (Å²) in [4.78, 5) is 27.5. The largest absolute Gasteiger partial charge is 0.493 e. The Bertz CT molecular complexity index is 847. The summed E-state index contributed by atoms with van der Waals surface area (Å²) in [6.45, 7) is 5.19. The fourth-order valence-corrected chi connectivity index (χ4v) is 3.30. The highest BCUT2D eigenvalue weighted by molar-refractivity contribution is 5.79. The van der Waals surface area contributed by atoms with Crippen LogP contribution in [0.2, 0.25) is 0 Å². The molecule has 0 aliphatic carbocycles. The van der Waals surface area contributed by atoms with Crippen molar-refractivity contribution in [3.63, 3.8) is 0 Å². The number of piperazine rings is 1. The molecule has 0 atom stereocenters. The predicted octanol–water partition coefficient (Wildman–Crippen LogP) is 2.63. The zero-order valence-corrected chi connectivity index (χ0v) is 16.8. The van der Waals surface area contributed by atoms with Crippen molar-refractivity contribution in [2.75, 3.05) is 51.4 Å². The molecule has 0 bridgehead atoms. The Balaban J connectivity index is 1.55. The predicted molar refractivity (Wildman–Crippen MR) is 110 cm³/mol. The van der Waals surface area contributed by atoms with Gasteiger partial charge in [-0.15, -0.1) is 0 Å². The number of nitrogens with zero attached hydrogens (tertiary/aromatic N) is 2. The topological polar surface area (TPSA) is 68.3 Å². The zero-order valence-electron chi connectivity index (χ0n) is 16.8. The van der Waals surface area contributed by atoms with Gasteiger partial charge < -0.3 is 24.0 Å². The molecule has 0 spiro atoms. The van der Waals surface area contributed by atoms with Crippen LogP contribution in [0.3, 0.4) is 0 Å². The summed E-state index contributed by atoms with van der Waals surface area (Å²) in [5, 5.41) is 0. The number of ether oxygens (including phenoxy) is 3. The Morgan fingerprint density at radius 2 is 1.76 bits per heavy atom. The number of hydrogen-bond acceptors (Lipinski definition) is 6. The van der Waals surface area contributed by atoms with E-state index in [-0.39, 0.29) is 12.5 Å². The molecule has 0 aromatic heterocycles. The van der Waals surface area contributed by atoms with Crippen molar-refractivity contribution in [1.29, 1.82) is 0 Å². The number of amides is 1. The molecule has 1 aliphatic heterocycles. The van der Waals surface area contributed by atoms with Crippen molar-refractivity contribution in [2.24, 2.45) is 0 Å². The maximum atomic E-state index is 12.6. The zero-order chi connectivity index (χ0) is 20.6. The number of hydrogen-bond donors (Lipinski definition) is 0. The Labute approximate surface area is 170 Å². The minimum Gasteiger partial charge on any atom is -0.493 e. The lowest BCUT2D eigenvalue weighted by Crippen LogP contribution is -2.50. The number of methoxy groups -OCH3 is 1. The van der Waals surface area contributed by atoms with Gasteiger partial charge in [0.25, 0.3) is 5.91 Å². The first kappa shape index (κ1) is 20.5. The molecule has 0 radical (unpaired) electrons. The molecule has 2 aromatic carbocycles. The highest BCUT2D eigenvalue weighted by Crippen LogP contribution is 2.29. The second kappa shape index (κ2) is 9.82. The van der Waals surface area contributed by atoms with E-state index in [1.165, 1.54) is 7.11 Å². The van der Waals surface area contributed by atoms with Crippen LogP contribution in [0.5, 0.6) is 17.2 Å². The monoisotopic (exact) mass is 398 g/mol. The second-order valence-electron chi connectivity index (χ2n) is 6.59. The molecule has 1 aliphatic rings. The summed E-state index contributed by atoms with van der Waals surface area (Å²) in [5.74, 6) is 1.66. The van der Waals surface area contributed by atoms with Crippen LogP contribution in [0.25, 0.3) is 0 Å². The molecule has 0 N–H and O–H groups in total. The molecule has 0 saturated carbocycles. The van der Waals surface area contributed by atoms with Gasteiger partial charge in [0.2, 0.25) is 0 Å². The molecule has 1 saturated heterocycles. The average Bonchev–Trinajstić information content (AvgIpc) is 2.78. The molecule has 0 unspecified atom stereocenters. The first-order chi connectivity index (χ1) is 14.2. The van der Waals surface area contributed by atoms with Crippen LogP contribution >= 0.6 is 0 Å². The number of rotatable bonds is 8. The maximum Gasteiger partial charge on any atom is 0.260 e. The second-order valence-corrected chi connectivity index (χ2v) is 6.59. The Morgan fingerprint density at radius 3 is 2.45 bits per heavy atom. The van der Waals surface area contributed by atoms with Gasteiger partial charge in [0.05, 0.1) is 19.4 Å². The molecule has 1 amide bonds. The van der Waals surface area contributed by atoms with E-state index in [0.717, 1.165) is 30.8 Å². The van der Waals surface area contributed by atoms with Crippen molar-refractivity contribution in [2.45, 2.75) is 6.92 Å². The van der Waals surface area contributed by atoms with E-state index in [2.05, 4.69) is 4.90 Å². The van der Waals surface area contributed by atoms with Crippen LogP contribution in [0, 0.1) is 0 Å². The van der Waals surface area contributed by atoms with Gasteiger partial charge in [-0.1, -0.05) is 12.1 Å². The van der Waals surface area contributed by atoms with Gasteiger partial charge in [-0.05, 0) is 37.3 Å². The first-order valence-corrected chi connectivity index (χ1v) is 9.66. The number of carbonyl (C=O) groups is 2. The Hall–Kier alpha value is -3.22. The molecule has 7 nitrogen and oxygen atoms in total. The Kier molecular flexibility index (Phi) is 6.94. The minimum atomic E-state index is -0.0794. The lowest BCUT2D eigenvalue weighted by Gasteiger charge is -2.36. The van der Waals surface area contributed by atoms with Crippen LogP contribution in [-0.2, 0) is 4.79 Å². The van der Waals surface area contributed by atoms with E-state index in [4.69, 9.17) is 14.2 Å². The normalized spacial score (nSPS) is 13.7. The van der Waals surface area contributed by atoms with Crippen LogP contribution in [0.15, 0.2) is 42.5 Å². The van der Waals surface area contributed by atoms with Gasteiger partial charge in [-0.3, -0.25) is 9.59 Å². The van der Waals surface area contributed by atoms with Crippen molar-refractivity contribution >= 4 is 17.9 Å². The van der Waals surface area contributed by atoms with Crippen LogP contribution in [0.1, 0.15) is 17.3 Å². The quantitative estimate of drug-likeness (QED) is 0.637. The molecule has 154 valence electrons. The third-order valence-corrected chi connectivity index (χ3v) is 4.81. The summed E-state index contributed by atoms with van der Waals surface area (Å²) in [6, 6.07) is 12.8. The number of para-hydroxylation sites is 2. The number of anilines is 1. The van der Waals surface area contributed by atoms with Crippen molar-refractivity contribution in [1.82, 2.24) is 4.90 Å². The molecule has 1 fully saturated rings. The van der Waals surface area contributed by atoms with Gasteiger partial charge in [-0.25, -0.2) is 0 Å². The lowest BCUT2D eigenvalue weighted by molar-refractivity contribution is -0.133. The molecule has 3 rings (SSSR count). The van der Waals surface area contributed by atoms with Crippen molar-refractivity contribution in [3.05, 3.63) is 48.0 Å². The van der Waals surface area contributed by atoms with Crippen molar-refractivity contribution < 1.29 is 23.8 Å². The number of aldehydes is 1. The van der Waals surface area contributed by atoms with E-state index in [1.54, 1.807) is 23.1 Å². The van der Waals surface area contributed by atoms with Gasteiger partial charge >= 0.3 is 0 Å². The standard InChI is InChI=1S/C22H26N2O5/c1-3-28-19-7-5-4-6-18(19)23-10-12-24(13-11-23)22(26)16-29-20-9-8-17(15-25)14-21(20)27-2/h4-9,14-15H,3,10-13,16H2,1-2H3. The highest BCUT2D eigenvalue weighted by atomic mass is 16.5. The smallest absolute Gasteiger partial charge is 0.260 e. The average molecular weight is 398 g/mol. The molecular weight excluding hydrogens is 372 g/mol. The molecule has 29 heavy (non-hydrogen) atoms. The van der Waals surface area contributed by atoms with Crippen molar-refractivity contribution in [3.8, 4) is 17.2 Å². The van der Waals surface area contributed by atoms with E-state index >= 15 is 0 Å². The summed E-state index contributed by atoms with van der Waals surface area (Å²) in [7, 11) is 1.50. The maximum absolute atomic E-state index is 12.6. The van der Waals surface area contributed by atoms with Gasteiger partial charge in [0.1, 0.15) is 12.0 Å². The van der Waals surface area contributed by atoms with Gasteiger partial charge in [0, 0.05) is 31.7 Å². The fraction of sp³-hybridized carbons (Fsp3) is 0.364.